The molecule has 0 aliphatic carbocycles. The lowest BCUT2D eigenvalue weighted by Crippen LogP contribution is -2.15. The molecular weight excluding hydrogens is 259 g/mol. The number of hydrogen-bond donors (Lipinski definition) is 1. The van der Waals surface area contributed by atoms with Crippen LogP contribution < -0.4 is 5.32 Å². The maximum Gasteiger partial charge on any atom is 0.261 e. The summed E-state index contributed by atoms with van der Waals surface area (Å²) in [5, 5.41) is 6.54. The molecule has 0 atom stereocenters. The van der Waals surface area contributed by atoms with Gasteiger partial charge in [-0.25, -0.2) is 4.39 Å². The predicted octanol–water partition coefficient (Wildman–Crippen LogP) is 3.81. The lowest BCUT2D eigenvalue weighted by Gasteiger charge is -2.09. The van der Waals surface area contributed by atoms with E-state index in [9.17, 15) is 9.18 Å². The molecule has 0 aliphatic rings. The van der Waals surface area contributed by atoms with Gasteiger partial charge in [-0.15, -0.1) is 0 Å². The Labute approximate surface area is 117 Å². The number of rotatable bonds is 3. The minimum atomic E-state index is -0.392. The van der Waals surface area contributed by atoms with Gasteiger partial charge in [-0.1, -0.05) is 25.1 Å². The molecule has 1 aromatic heterocycles. The highest BCUT2D eigenvalue weighted by molar-refractivity contribution is 6.06. The number of amides is 1. The molecule has 0 spiro atoms. The van der Waals surface area contributed by atoms with Crippen LogP contribution in [0.2, 0.25) is 0 Å². The van der Waals surface area contributed by atoms with Crippen LogP contribution in [-0.4, -0.2) is 11.1 Å². The first-order chi connectivity index (χ1) is 9.40. The zero-order valence-corrected chi connectivity index (χ0v) is 12.0. The van der Waals surface area contributed by atoms with Crippen LogP contribution in [0, 0.1) is 19.7 Å². The number of nitrogens with zero attached hydrogens (tertiary/aromatic N) is 1. The van der Waals surface area contributed by atoms with Crippen LogP contribution in [0.25, 0.3) is 0 Å². The molecule has 2 rings (SSSR count). The van der Waals surface area contributed by atoms with E-state index in [1.54, 1.807) is 19.9 Å². The van der Waals surface area contributed by atoms with E-state index in [4.69, 9.17) is 4.52 Å². The Bertz CT molecular complexity index is 647. The van der Waals surface area contributed by atoms with Crippen molar-refractivity contribution in [3.63, 3.8) is 0 Å². The maximum atomic E-state index is 13.2. The summed E-state index contributed by atoms with van der Waals surface area (Å²) < 4.78 is 18.4. The van der Waals surface area contributed by atoms with E-state index in [-0.39, 0.29) is 11.8 Å². The molecule has 1 aromatic carbocycles. The molecule has 1 amide bonds. The highest BCUT2D eigenvalue weighted by atomic mass is 19.1. The lowest BCUT2D eigenvalue weighted by atomic mass is 10.0. The number of nitrogens with one attached hydrogen (secondary N) is 1. The fourth-order valence-corrected chi connectivity index (χ4v) is 1.97. The number of hydrogen-bond acceptors (Lipinski definition) is 3. The van der Waals surface area contributed by atoms with Crippen molar-refractivity contribution < 1.29 is 13.7 Å². The summed E-state index contributed by atoms with van der Waals surface area (Å²) in [5.74, 6) is -0.141. The van der Waals surface area contributed by atoms with E-state index in [1.165, 1.54) is 12.1 Å². The number of aromatic nitrogens is 1. The third-order valence-electron chi connectivity index (χ3n) is 3.09. The molecule has 0 radical (unpaired) electrons. The van der Waals surface area contributed by atoms with Gasteiger partial charge in [0.25, 0.3) is 5.91 Å². The molecule has 106 valence electrons. The van der Waals surface area contributed by atoms with Gasteiger partial charge < -0.3 is 9.84 Å². The highest BCUT2D eigenvalue weighted by Gasteiger charge is 2.23. The number of carbonyl (C=O) groups is 1. The molecule has 0 bridgehead atoms. The number of benzene rings is 1. The molecule has 2 aromatic rings. The van der Waals surface area contributed by atoms with Crippen molar-refractivity contribution in [1.29, 1.82) is 0 Å². The van der Waals surface area contributed by atoms with E-state index >= 15 is 0 Å². The van der Waals surface area contributed by atoms with Crippen molar-refractivity contribution >= 4 is 11.6 Å². The van der Waals surface area contributed by atoms with E-state index in [0.29, 0.717) is 22.7 Å². The van der Waals surface area contributed by atoms with Crippen molar-refractivity contribution in [2.75, 3.05) is 5.32 Å². The monoisotopic (exact) mass is 276 g/mol. The Kier molecular flexibility index (Phi) is 3.88. The quantitative estimate of drug-likeness (QED) is 0.927. The third kappa shape index (κ3) is 2.71. The van der Waals surface area contributed by atoms with Crippen LogP contribution in [-0.2, 0) is 0 Å². The van der Waals surface area contributed by atoms with Crippen molar-refractivity contribution in [3.8, 4) is 0 Å². The fourth-order valence-electron chi connectivity index (χ4n) is 1.97. The molecule has 0 unspecified atom stereocenters. The Morgan fingerprint density at radius 3 is 2.70 bits per heavy atom. The average Bonchev–Trinajstić information content (AvgIpc) is 2.76. The van der Waals surface area contributed by atoms with Crippen LogP contribution >= 0.6 is 0 Å². The van der Waals surface area contributed by atoms with Crippen LogP contribution in [0.4, 0.5) is 10.1 Å². The van der Waals surface area contributed by atoms with Gasteiger partial charge in [-0.05, 0) is 31.5 Å². The molecular formula is C15H17FN2O2. The normalized spacial score (nSPS) is 10.9. The minimum Gasteiger partial charge on any atom is -0.360 e. The van der Waals surface area contributed by atoms with Gasteiger partial charge in [0, 0.05) is 11.6 Å². The van der Waals surface area contributed by atoms with Gasteiger partial charge in [-0.3, -0.25) is 4.79 Å². The molecule has 1 N–H and O–H groups in total. The summed E-state index contributed by atoms with van der Waals surface area (Å²) in [4.78, 5) is 12.4. The van der Waals surface area contributed by atoms with Gasteiger partial charge in [0.2, 0.25) is 0 Å². The summed E-state index contributed by atoms with van der Waals surface area (Å²) in [6, 6.07) is 4.27. The fraction of sp³-hybridized carbons (Fsp3) is 0.333. The largest absolute Gasteiger partial charge is 0.360 e. The van der Waals surface area contributed by atoms with Crippen LogP contribution in [0.3, 0.4) is 0 Å². The topological polar surface area (TPSA) is 55.1 Å². The van der Waals surface area contributed by atoms with Gasteiger partial charge in [0.1, 0.15) is 11.4 Å². The number of carbonyl (C=O) groups excluding carboxylic acids is 1. The summed E-state index contributed by atoms with van der Waals surface area (Å²) in [6.45, 7) is 7.36. The zero-order valence-electron chi connectivity index (χ0n) is 12.0. The summed E-state index contributed by atoms with van der Waals surface area (Å²) >= 11 is 0. The molecule has 1 heterocycles. The van der Waals surface area contributed by atoms with E-state index in [1.807, 2.05) is 13.8 Å². The van der Waals surface area contributed by atoms with Gasteiger partial charge >= 0.3 is 0 Å². The zero-order chi connectivity index (χ0) is 14.9. The lowest BCUT2D eigenvalue weighted by molar-refractivity contribution is 0.102. The Hall–Kier alpha value is -2.17. The van der Waals surface area contributed by atoms with Crippen molar-refractivity contribution in [2.24, 2.45) is 0 Å². The SMILES string of the molecule is Cc1ccc(F)cc1NC(=O)c1c(C)noc1C(C)C. The van der Waals surface area contributed by atoms with Crippen molar-refractivity contribution in [3.05, 3.63) is 46.6 Å². The smallest absolute Gasteiger partial charge is 0.261 e. The highest BCUT2D eigenvalue weighted by Crippen LogP contribution is 2.24. The van der Waals surface area contributed by atoms with E-state index in [0.717, 1.165) is 5.56 Å². The second kappa shape index (κ2) is 5.45. The van der Waals surface area contributed by atoms with Crippen molar-refractivity contribution in [2.45, 2.75) is 33.6 Å². The first kappa shape index (κ1) is 14.2. The van der Waals surface area contributed by atoms with Crippen LogP contribution in [0.5, 0.6) is 0 Å². The van der Waals surface area contributed by atoms with Gasteiger partial charge in [0.05, 0.1) is 5.69 Å². The Morgan fingerprint density at radius 1 is 1.35 bits per heavy atom. The molecule has 0 aliphatic heterocycles. The van der Waals surface area contributed by atoms with E-state index < -0.39 is 5.82 Å². The predicted molar refractivity (Wildman–Crippen MR) is 74.4 cm³/mol. The number of anilines is 1. The molecule has 0 fully saturated rings. The summed E-state index contributed by atoms with van der Waals surface area (Å²) in [6.07, 6.45) is 0. The van der Waals surface area contributed by atoms with E-state index in [2.05, 4.69) is 10.5 Å². The van der Waals surface area contributed by atoms with Gasteiger partial charge in [0.15, 0.2) is 5.76 Å². The summed E-state index contributed by atoms with van der Waals surface area (Å²) in [5.41, 5.74) is 2.19. The maximum absolute atomic E-state index is 13.2. The Morgan fingerprint density at radius 2 is 2.05 bits per heavy atom. The molecule has 4 nitrogen and oxygen atoms in total. The first-order valence-electron chi connectivity index (χ1n) is 6.43. The Balaban J connectivity index is 2.33. The minimum absolute atomic E-state index is 0.0468. The number of halogens is 1. The molecule has 5 heteroatoms. The molecule has 0 saturated heterocycles. The summed E-state index contributed by atoms with van der Waals surface area (Å²) in [7, 11) is 0. The first-order valence-corrected chi connectivity index (χ1v) is 6.43. The van der Waals surface area contributed by atoms with Crippen LogP contribution in [0.1, 0.15) is 47.1 Å². The average molecular weight is 276 g/mol. The second-order valence-electron chi connectivity index (χ2n) is 5.08. The van der Waals surface area contributed by atoms with Crippen molar-refractivity contribution in [1.82, 2.24) is 5.16 Å². The third-order valence-corrected chi connectivity index (χ3v) is 3.09. The number of aryl methyl sites for hydroxylation is 2. The van der Waals surface area contributed by atoms with Gasteiger partial charge in [-0.2, -0.15) is 0 Å². The molecule has 20 heavy (non-hydrogen) atoms. The second-order valence-corrected chi connectivity index (χ2v) is 5.08. The standard InChI is InChI=1S/C15H17FN2O2/c1-8(2)14-13(10(4)18-20-14)15(19)17-12-7-11(16)6-5-9(12)3/h5-8H,1-4H3,(H,17,19). The van der Waals surface area contributed by atoms with Crippen LogP contribution in [0.15, 0.2) is 22.7 Å². The molecule has 0 saturated carbocycles.